The highest BCUT2D eigenvalue weighted by atomic mass is 16.6. The molecule has 0 aromatic heterocycles. The highest BCUT2D eigenvalue weighted by Crippen LogP contribution is 2.20. The number of nitrogens with one attached hydrogen (secondary N) is 1. The lowest BCUT2D eigenvalue weighted by Gasteiger charge is -2.27. The molecule has 0 fully saturated rings. The van der Waals surface area contributed by atoms with Gasteiger partial charge in [0, 0.05) is 5.69 Å². The average molecular weight is 412 g/mol. The molecule has 7 nitrogen and oxygen atoms in total. The number of hydrogen-bond donors (Lipinski definition) is 1. The molecule has 0 unspecified atom stereocenters. The Morgan fingerprint density at radius 1 is 1.00 bits per heavy atom. The van der Waals surface area contributed by atoms with Crippen LogP contribution in [0.5, 0.6) is 0 Å². The largest absolute Gasteiger partial charge is 0.465 e. The minimum Gasteiger partial charge on any atom is -0.465 e. The quantitative estimate of drug-likeness (QED) is 0.727. The van der Waals surface area contributed by atoms with Crippen molar-refractivity contribution >= 4 is 23.7 Å². The fourth-order valence-electron chi connectivity index (χ4n) is 2.74. The molecule has 1 N–H and O–H groups in total. The lowest BCUT2D eigenvalue weighted by molar-refractivity contribution is -0.120. The summed E-state index contributed by atoms with van der Waals surface area (Å²) in [5, 5.41) is 2.58. The third-order valence-corrected chi connectivity index (χ3v) is 4.15. The van der Waals surface area contributed by atoms with E-state index in [1.54, 1.807) is 56.9 Å². The number of anilines is 1. The molecule has 1 atom stereocenters. The Kier molecular flexibility index (Phi) is 7.58. The zero-order valence-electron chi connectivity index (χ0n) is 18.0. The molecule has 0 aliphatic rings. The fourth-order valence-corrected chi connectivity index (χ4v) is 2.74. The second kappa shape index (κ2) is 9.91. The fraction of sp³-hybridized carbons (Fsp3) is 0.348. The SMILES string of the molecule is COC(=O)c1ccc(N(Cc2ccccc2)C(=O)[C@H](C)NC(=O)OC(C)(C)C)cc1. The van der Waals surface area contributed by atoms with Gasteiger partial charge in [-0.15, -0.1) is 0 Å². The maximum atomic E-state index is 13.2. The number of ether oxygens (including phenoxy) is 2. The van der Waals surface area contributed by atoms with Crippen molar-refractivity contribution < 1.29 is 23.9 Å². The van der Waals surface area contributed by atoms with Gasteiger partial charge in [0.2, 0.25) is 5.91 Å². The van der Waals surface area contributed by atoms with Gasteiger partial charge in [0.1, 0.15) is 11.6 Å². The number of methoxy groups -OCH3 is 1. The van der Waals surface area contributed by atoms with Crippen LogP contribution in [0.2, 0.25) is 0 Å². The molecule has 2 aromatic carbocycles. The summed E-state index contributed by atoms with van der Waals surface area (Å²) in [5.74, 6) is -0.766. The molecule has 2 aromatic rings. The monoisotopic (exact) mass is 412 g/mol. The van der Waals surface area contributed by atoms with Crippen molar-refractivity contribution in [3.63, 3.8) is 0 Å². The maximum absolute atomic E-state index is 13.2. The van der Waals surface area contributed by atoms with Crippen molar-refractivity contribution in [1.29, 1.82) is 0 Å². The minimum atomic E-state index is -0.816. The molecule has 0 saturated carbocycles. The van der Waals surface area contributed by atoms with E-state index >= 15 is 0 Å². The lowest BCUT2D eigenvalue weighted by Crippen LogP contribution is -2.48. The van der Waals surface area contributed by atoms with Crippen molar-refractivity contribution in [3.8, 4) is 0 Å². The summed E-state index contributed by atoms with van der Waals surface area (Å²) in [4.78, 5) is 38.5. The standard InChI is InChI=1S/C23H28N2O5/c1-16(24-22(28)30-23(2,3)4)20(26)25(15-17-9-7-6-8-10-17)19-13-11-18(12-14-19)21(27)29-5/h6-14,16H,15H2,1-5H3,(H,24,28)/t16-/m0/s1. The molecule has 2 rings (SSSR count). The Labute approximate surface area is 177 Å². The van der Waals surface area contributed by atoms with Crippen LogP contribution >= 0.6 is 0 Å². The van der Waals surface area contributed by atoms with Crippen LogP contribution in [0.4, 0.5) is 10.5 Å². The van der Waals surface area contributed by atoms with E-state index in [0.29, 0.717) is 17.8 Å². The first-order chi connectivity index (χ1) is 14.1. The van der Waals surface area contributed by atoms with E-state index in [4.69, 9.17) is 9.47 Å². The van der Waals surface area contributed by atoms with Crippen LogP contribution in [0.3, 0.4) is 0 Å². The Hall–Kier alpha value is -3.35. The second-order valence-electron chi connectivity index (χ2n) is 7.82. The molecule has 0 spiro atoms. The highest BCUT2D eigenvalue weighted by Gasteiger charge is 2.26. The second-order valence-corrected chi connectivity index (χ2v) is 7.82. The number of carbonyl (C=O) groups excluding carboxylic acids is 3. The number of hydrogen-bond acceptors (Lipinski definition) is 5. The molecule has 0 aliphatic heterocycles. The number of benzene rings is 2. The number of rotatable bonds is 6. The first-order valence-corrected chi connectivity index (χ1v) is 9.64. The predicted octanol–water partition coefficient (Wildman–Crippen LogP) is 3.92. The Morgan fingerprint density at radius 2 is 1.60 bits per heavy atom. The van der Waals surface area contributed by atoms with Crippen LogP contribution in [0.25, 0.3) is 0 Å². The number of nitrogens with zero attached hydrogens (tertiary/aromatic N) is 1. The first kappa shape index (κ1) is 22.9. The van der Waals surface area contributed by atoms with Crippen molar-refractivity contribution in [3.05, 3.63) is 65.7 Å². The molecular formula is C23H28N2O5. The van der Waals surface area contributed by atoms with Crippen LogP contribution < -0.4 is 10.2 Å². The Morgan fingerprint density at radius 3 is 2.13 bits per heavy atom. The van der Waals surface area contributed by atoms with E-state index in [-0.39, 0.29) is 5.91 Å². The number of carbonyl (C=O) groups is 3. The smallest absolute Gasteiger partial charge is 0.408 e. The van der Waals surface area contributed by atoms with Crippen molar-refractivity contribution in [2.75, 3.05) is 12.0 Å². The third kappa shape index (κ3) is 6.62. The van der Waals surface area contributed by atoms with E-state index in [9.17, 15) is 14.4 Å². The van der Waals surface area contributed by atoms with Crippen LogP contribution in [0, 0.1) is 0 Å². The van der Waals surface area contributed by atoms with Gasteiger partial charge in [-0.2, -0.15) is 0 Å². The summed E-state index contributed by atoms with van der Waals surface area (Å²) in [6.45, 7) is 7.17. The predicted molar refractivity (Wildman–Crippen MR) is 114 cm³/mol. The molecule has 0 saturated heterocycles. The van der Waals surface area contributed by atoms with Crippen LogP contribution in [0.1, 0.15) is 43.6 Å². The van der Waals surface area contributed by atoms with E-state index in [0.717, 1.165) is 5.56 Å². The van der Waals surface area contributed by atoms with Gasteiger partial charge in [-0.3, -0.25) is 4.79 Å². The van der Waals surface area contributed by atoms with Gasteiger partial charge in [-0.1, -0.05) is 30.3 Å². The normalized spacial score (nSPS) is 11.9. The van der Waals surface area contributed by atoms with E-state index < -0.39 is 23.7 Å². The average Bonchev–Trinajstić information content (AvgIpc) is 2.70. The van der Waals surface area contributed by atoms with Crippen LogP contribution in [-0.2, 0) is 20.8 Å². The number of alkyl carbamates (subject to hydrolysis) is 1. The summed E-state index contributed by atoms with van der Waals surface area (Å²) < 4.78 is 9.97. The summed E-state index contributed by atoms with van der Waals surface area (Å²) in [6.07, 6.45) is -0.663. The topological polar surface area (TPSA) is 84.9 Å². The van der Waals surface area contributed by atoms with Gasteiger partial charge in [0.05, 0.1) is 19.2 Å². The van der Waals surface area contributed by atoms with Crippen molar-refractivity contribution in [1.82, 2.24) is 5.32 Å². The van der Waals surface area contributed by atoms with Crippen molar-refractivity contribution in [2.45, 2.75) is 45.9 Å². The minimum absolute atomic E-state index is 0.303. The molecule has 160 valence electrons. The third-order valence-electron chi connectivity index (χ3n) is 4.15. The number of esters is 1. The van der Waals surface area contributed by atoms with Gasteiger partial charge in [-0.25, -0.2) is 9.59 Å². The Balaban J connectivity index is 2.25. The van der Waals surface area contributed by atoms with E-state index in [2.05, 4.69) is 5.32 Å². The molecule has 30 heavy (non-hydrogen) atoms. The molecule has 0 bridgehead atoms. The maximum Gasteiger partial charge on any atom is 0.408 e. The highest BCUT2D eigenvalue weighted by molar-refractivity contribution is 5.99. The van der Waals surface area contributed by atoms with Gasteiger partial charge >= 0.3 is 12.1 Å². The molecule has 0 radical (unpaired) electrons. The van der Waals surface area contributed by atoms with Gasteiger partial charge in [-0.05, 0) is 57.5 Å². The summed E-state index contributed by atoms with van der Waals surface area (Å²) in [5.41, 5.74) is 1.23. The lowest BCUT2D eigenvalue weighted by atomic mass is 10.1. The van der Waals surface area contributed by atoms with Crippen LogP contribution in [-0.4, -0.2) is 36.7 Å². The zero-order chi connectivity index (χ0) is 22.3. The summed E-state index contributed by atoms with van der Waals surface area (Å²) in [6, 6.07) is 15.2. The molecule has 0 heterocycles. The van der Waals surface area contributed by atoms with Gasteiger partial charge in [0.15, 0.2) is 0 Å². The number of amides is 2. The first-order valence-electron chi connectivity index (χ1n) is 9.64. The van der Waals surface area contributed by atoms with Crippen molar-refractivity contribution in [2.24, 2.45) is 0 Å². The van der Waals surface area contributed by atoms with Crippen LogP contribution in [0.15, 0.2) is 54.6 Å². The molecule has 0 aliphatic carbocycles. The molecule has 7 heteroatoms. The summed E-state index contributed by atoms with van der Waals surface area (Å²) in [7, 11) is 1.31. The molecular weight excluding hydrogens is 384 g/mol. The van der Waals surface area contributed by atoms with Gasteiger partial charge < -0.3 is 19.7 Å². The molecule has 2 amide bonds. The summed E-state index contributed by atoms with van der Waals surface area (Å²) >= 11 is 0. The van der Waals surface area contributed by atoms with Gasteiger partial charge in [0.25, 0.3) is 0 Å². The Bertz CT molecular complexity index is 873. The zero-order valence-corrected chi connectivity index (χ0v) is 18.0. The van der Waals surface area contributed by atoms with E-state index in [1.165, 1.54) is 7.11 Å². The van der Waals surface area contributed by atoms with E-state index in [1.807, 2.05) is 30.3 Å².